The molecule has 0 spiro atoms. The molecule has 5 N–H and O–H groups in total. The lowest BCUT2D eigenvalue weighted by molar-refractivity contribution is 0.146. The average Bonchev–Trinajstić information content (AvgIpc) is 2.45. The van der Waals surface area contributed by atoms with Gasteiger partial charge in [0.15, 0.2) is 0 Å². The van der Waals surface area contributed by atoms with Crippen LogP contribution in [0.15, 0.2) is 60.7 Å². The van der Waals surface area contributed by atoms with Gasteiger partial charge in [0.1, 0.15) is 6.61 Å². The van der Waals surface area contributed by atoms with E-state index in [0.29, 0.717) is 0 Å². The molecule has 0 unspecified atom stereocenters. The molecule has 1 amide bonds. The molecule has 0 aliphatic carbocycles. The van der Waals surface area contributed by atoms with E-state index in [1.165, 1.54) is 0 Å². The summed E-state index contributed by atoms with van der Waals surface area (Å²) in [6, 6.07) is 19.1. The largest absolute Gasteiger partial charge is 0.446 e. The van der Waals surface area contributed by atoms with Crippen molar-refractivity contribution in [2.75, 3.05) is 0 Å². The molecule has 0 heterocycles. The van der Waals surface area contributed by atoms with E-state index in [1.54, 1.807) is 7.41 Å². The van der Waals surface area contributed by atoms with E-state index in [2.05, 4.69) is 5.23 Å². The lowest BCUT2D eigenvalue weighted by atomic mass is 9.83. The molecule has 1 radical (unpaired) electrons. The van der Waals surface area contributed by atoms with Gasteiger partial charge in [0.05, 0.1) is 0 Å². The van der Waals surface area contributed by atoms with E-state index < -0.39 is 6.09 Å². The molecule has 0 bridgehead atoms. The molecule has 0 aliphatic rings. The SMILES string of the molecule is O.O.O=C(N[B]c1ccccc1)OCc1ccccc1. The zero-order valence-electron chi connectivity index (χ0n) is 10.9. The Labute approximate surface area is 118 Å². The molecule has 6 heteroatoms. The molecule has 0 atom stereocenters. The highest BCUT2D eigenvalue weighted by molar-refractivity contribution is 6.53. The highest BCUT2D eigenvalue weighted by Gasteiger charge is 2.03. The minimum absolute atomic E-state index is 0. The fourth-order valence-corrected chi connectivity index (χ4v) is 1.46. The van der Waals surface area contributed by atoms with E-state index in [0.717, 1.165) is 11.0 Å². The standard InChI is InChI=1S/C14H13BNO2.2H2O/c17-14(16-15-13-9-5-2-6-10-13)18-11-12-7-3-1-4-8-12;;/h1-10H,11H2,(H,16,17);2*1H2. The number of rotatable bonds is 4. The van der Waals surface area contributed by atoms with Gasteiger partial charge in [-0.15, -0.1) is 0 Å². The quantitative estimate of drug-likeness (QED) is 0.805. The number of benzene rings is 2. The van der Waals surface area contributed by atoms with E-state index in [1.807, 2.05) is 60.7 Å². The summed E-state index contributed by atoms with van der Waals surface area (Å²) in [5.74, 6) is 0. The summed E-state index contributed by atoms with van der Waals surface area (Å²) in [5, 5.41) is 2.58. The zero-order chi connectivity index (χ0) is 12.6. The molecule has 2 aromatic carbocycles. The molecule has 0 saturated carbocycles. The van der Waals surface area contributed by atoms with Gasteiger partial charge >= 0.3 is 6.09 Å². The van der Waals surface area contributed by atoms with Gasteiger partial charge in [0.25, 0.3) is 7.41 Å². The summed E-state index contributed by atoms with van der Waals surface area (Å²) in [6.45, 7) is 0.273. The predicted molar refractivity (Wildman–Crippen MR) is 78.8 cm³/mol. The first-order chi connectivity index (χ1) is 8.84. The summed E-state index contributed by atoms with van der Waals surface area (Å²) < 4.78 is 5.07. The van der Waals surface area contributed by atoms with Crippen molar-refractivity contribution in [1.29, 1.82) is 0 Å². The van der Waals surface area contributed by atoms with Crippen molar-refractivity contribution in [1.82, 2.24) is 5.23 Å². The fraction of sp³-hybridized carbons (Fsp3) is 0.0714. The van der Waals surface area contributed by atoms with Gasteiger partial charge in [-0.3, -0.25) is 0 Å². The third kappa shape index (κ3) is 6.04. The molecule has 2 aromatic rings. The zero-order valence-corrected chi connectivity index (χ0v) is 10.9. The van der Waals surface area contributed by atoms with Gasteiger partial charge in [0, 0.05) is 0 Å². The van der Waals surface area contributed by atoms with E-state index in [9.17, 15) is 4.79 Å². The van der Waals surface area contributed by atoms with Crippen LogP contribution in [0.3, 0.4) is 0 Å². The summed E-state index contributed by atoms with van der Waals surface area (Å²) >= 11 is 0. The van der Waals surface area contributed by atoms with Crippen LogP contribution >= 0.6 is 0 Å². The molecule has 5 nitrogen and oxygen atoms in total. The van der Waals surface area contributed by atoms with Crippen LogP contribution in [0.4, 0.5) is 4.79 Å². The van der Waals surface area contributed by atoms with Gasteiger partial charge in [-0.2, -0.15) is 0 Å². The maximum absolute atomic E-state index is 11.4. The first kappa shape index (κ1) is 17.7. The van der Waals surface area contributed by atoms with Gasteiger partial charge < -0.3 is 20.9 Å². The highest BCUT2D eigenvalue weighted by Crippen LogP contribution is 2.00. The number of carbonyl (C=O) groups is 1. The minimum atomic E-state index is -0.456. The van der Waals surface area contributed by atoms with Crippen LogP contribution in [0.1, 0.15) is 5.56 Å². The number of carbonyl (C=O) groups excluding carboxylic acids is 1. The summed E-state index contributed by atoms with van der Waals surface area (Å²) in [4.78, 5) is 11.4. The maximum Gasteiger partial charge on any atom is 0.395 e. The lowest BCUT2D eigenvalue weighted by Crippen LogP contribution is -2.35. The average molecular weight is 274 g/mol. The molecule has 0 aromatic heterocycles. The Morgan fingerprint density at radius 1 is 0.950 bits per heavy atom. The Hall–Kier alpha value is -2.31. The molecule has 105 valence electrons. The second-order valence-electron chi connectivity index (χ2n) is 3.76. The minimum Gasteiger partial charge on any atom is -0.446 e. The van der Waals surface area contributed by atoms with Crippen LogP contribution in [0, 0.1) is 0 Å². The Bertz CT molecular complexity index is 448. The van der Waals surface area contributed by atoms with Gasteiger partial charge in [0.2, 0.25) is 0 Å². The summed E-state index contributed by atoms with van der Waals surface area (Å²) in [5.41, 5.74) is 1.89. The number of hydrogen-bond donors (Lipinski definition) is 1. The second-order valence-corrected chi connectivity index (χ2v) is 3.76. The Morgan fingerprint density at radius 2 is 1.50 bits per heavy atom. The van der Waals surface area contributed by atoms with Gasteiger partial charge in [-0.25, -0.2) is 4.79 Å². The first-order valence-electron chi connectivity index (χ1n) is 5.70. The van der Waals surface area contributed by atoms with Crippen molar-refractivity contribution >= 4 is 19.0 Å². The number of ether oxygens (including phenoxy) is 1. The first-order valence-corrected chi connectivity index (χ1v) is 5.70. The summed E-state index contributed by atoms with van der Waals surface area (Å²) in [7, 11) is 1.62. The van der Waals surface area contributed by atoms with E-state index >= 15 is 0 Å². The van der Waals surface area contributed by atoms with Crippen molar-refractivity contribution in [2.24, 2.45) is 0 Å². The fourth-order valence-electron chi connectivity index (χ4n) is 1.46. The summed E-state index contributed by atoms with van der Waals surface area (Å²) in [6.07, 6.45) is -0.456. The molecule has 0 aliphatic heterocycles. The van der Waals surface area contributed by atoms with Gasteiger partial charge in [-0.05, 0) is 5.56 Å². The molecular formula is C14H17BNO4. The monoisotopic (exact) mass is 274 g/mol. The van der Waals surface area contributed by atoms with Crippen LogP contribution in [-0.4, -0.2) is 24.5 Å². The van der Waals surface area contributed by atoms with Crippen LogP contribution in [0.2, 0.25) is 0 Å². The van der Waals surface area contributed by atoms with Crippen molar-refractivity contribution in [3.8, 4) is 0 Å². The number of hydrogen-bond acceptors (Lipinski definition) is 2. The van der Waals surface area contributed by atoms with Crippen molar-refractivity contribution in [2.45, 2.75) is 6.61 Å². The number of nitrogens with one attached hydrogen (secondary N) is 1. The lowest BCUT2D eigenvalue weighted by Gasteiger charge is -2.06. The highest BCUT2D eigenvalue weighted by atomic mass is 16.5. The number of amides is 1. The van der Waals surface area contributed by atoms with Crippen molar-refractivity contribution < 1.29 is 20.5 Å². The Morgan fingerprint density at radius 3 is 2.10 bits per heavy atom. The Kier molecular flexibility index (Phi) is 8.50. The normalized spacial score (nSPS) is 8.60. The van der Waals surface area contributed by atoms with Crippen molar-refractivity contribution in [3.05, 3.63) is 66.2 Å². The molecule has 2 rings (SSSR count). The molecular weight excluding hydrogens is 257 g/mol. The maximum atomic E-state index is 11.4. The van der Waals surface area contributed by atoms with E-state index in [4.69, 9.17) is 4.74 Å². The van der Waals surface area contributed by atoms with E-state index in [-0.39, 0.29) is 17.6 Å². The Balaban J connectivity index is 0.00000180. The molecule has 20 heavy (non-hydrogen) atoms. The molecule has 0 fully saturated rings. The van der Waals surface area contributed by atoms with Crippen LogP contribution in [0.5, 0.6) is 0 Å². The molecule has 0 saturated heterocycles. The van der Waals surface area contributed by atoms with Crippen LogP contribution in [0.25, 0.3) is 0 Å². The third-order valence-corrected chi connectivity index (χ3v) is 2.37. The van der Waals surface area contributed by atoms with Crippen molar-refractivity contribution in [3.63, 3.8) is 0 Å². The smallest absolute Gasteiger partial charge is 0.395 e. The predicted octanol–water partition coefficient (Wildman–Crippen LogP) is 0.208. The van der Waals surface area contributed by atoms with Crippen LogP contribution in [-0.2, 0) is 11.3 Å². The van der Waals surface area contributed by atoms with Gasteiger partial charge in [-0.1, -0.05) is 66.1 Å². The topological polar surface area (TPSA) is 101 Å². The third-order valence-electron chi connectivity index (χ3n) is 2.37. The van der Waals surface area contributed by atoms with Crippen LogP contribution < -0.4 is 10.7 Å². The second kappa shape index (κ2) is 9.60.